The molecular weight excluding hydrogens is 502 g/mol. The molecule has 0 aliphatic carbocycles. The van der Waals surface area contributed by atoms with Gasteiger partial charge in [-0.3, -0.25) is 4.79 Å². The second-order valence-electron chi connectivity index (χ2n) is 10.1. The average molecular weight is 536 g/mol. The van der Waals surface area contributed by atoms with E-state index in [1.807, 2.05) is 66.7 Å². The van der Waals surface area contributed by atoms with E-state index in [9.17, 15) is 4.79 Å². The molecule has 204 valence electrons. The minimum Gasteiger partial charge on any atom is -0.497 e. The third kappa shape index (κ3) is 5.55. The number of nitrogens with one attached hydrogen (secondary N) is 4. The van der Waals surface area contributed by atoms with Gasteiger partial charge in [0.05, 0.1) is 24.6 Å². The van der Waals surface area contributed by atoms with Crippen molar-refractivity contribution in [3.05, 3.63) is 107 Å². The third-order valence-corrected chi connectivity index (χ3v) is 7.40. The number of anilines is 3. The van der Waals surface area contributed by atoms with Crippen LogP contribution >= 0.6 is 0 Å². The van der Waals surface area contributed by atoms with Crippen molar-refractivity contribution in [2.45, 2.75) is 25.6 Å². The van der Waals surface area contributed by atoms with Crippen LogP contribution in [-0.4, -0.2) is 36.1 Å². The van der Waals surface area contributed by atoms with E-state index < -0.39 is 0 Å². The summed E-state index contributed by atoms with van der Waals surface area (Å²) in [6.45, 7) is 2.33. The first kappa shape index (κ1) is 25.6. The molecule has 2 aliphatic rings. The molecule has 3 heterocycles. The number of carbonyl (C=O) groups excluding carboxylic acids is 1. The molecule has 9 heteroatoms. The zero-order valence-corrected chi connectivity index (χ0v) is 22.4. The van der Waals surface area contributed by atoms with E-state index in [2.05, 4.69) is 44.6 Å². The van der Waals surface area contributed by atoms with E-state index in [0.717, 1.165) is 34.7 Å². The first-order valence-electron chi connectivity index (χ1n) is 13.6. The Morgan fingerprint density at radius 1 is 0.975 bits per heavy atom. The van der Waals surface area contributed by atoms with Crippen molar-refractivity contribution in [2.24, 2.45) is 5.92 Å². The van der Waals surface area contributed by atoms with Crippen LogP contribution in [0, 0.1) is 5.92 Å². The highest BCUT2D eigenvalue weighted by molar-refractivity contribution is 5.83. The van der Waals surface area contributed by atoms with Crippen LogP contribution < -0.4 is 31.1 Å². The first-order valence-corrected chi connectivity index (χ1v) is 13.6. The predicted molar refractivity (Wildman–Crippen MR) is 156 cm³/mol. The molecule has 0 fully saturated rings. The van der Waals surface area contributed by atoms with Gasteiger partial charge >= 0.3 is 0 Å². The maximum absolute atomic E-state index is 13.5. The summed E-state index contributed by atoms with van der Waals surface area (Å²) >= 11 is 0. The lowest BCUT2D eigenvalue weighted by molar-refractivity contribution is -0.125. The molecule has 0 spiro atoms. The summed E-state index contributed by atoms with van der Waals surface area (Å²) in [5.74, 6) is 2.63. The summed E-state index contributed by atoms with van der Waals surface area (Å²) < 4.78 is 5.35. The summed E-state index contributed by atoms with van der Waals surface area (Å²) in [7, 11) is 1.67. The number of carbonyl (C=O) groups is 1. The van der Waals surface area contributed by atoms with Crippen molar-refractivity contribution in [3.63, 3.8) is 0 Å². The standard InChI is InChI=1S/C31H33N7O2/c1-40-24-14-8-13-21(17-24)15-16-32-31-34-28-26-27(36-37-28)25(30(39)33-18-22-9-4-2-5-10-22)20-38(29(26)35-31)19-23-11-6-3-7-12-23/h2-14,17,25,27,36H,15-16,18-20H2,1H3,(H,33,39)(H2,32,34,35,37). The fourth-order valence-corrected chi connectivity index (χ4v) is 5.35. The van der Waals surface area contributed by atoms with Crippen molar-refractivity contribution in [1.82, 2.24) is 20.7 Å². The molecular formula is C31H33N7O2. The summed E-state index contributed by atoms with van der Waals surface area (Å²) in [5.41, 5.74) is 10.9. The molecule has 4 aromatic rings. The van der Waals surface area contributed by atoms with Gasteiger partial charge in [-0.1, -0.05) is 72.8 Å². The van der Waals surface area contributed by atoms with Crippen molar-refractivity contribution in [1.29, 1.82) is 0 Å². The lowest BCUT2D eigenvalue weighted by atomic mass is 9.89. The molecule has 4 N–H and O–H groups in total. The zero-order valence-electron chi connectivity index (χ0n) is 22.4. The van der Waals surface area contributed by atoms with Gasteiger partial charge < -0.3 is 25.7 Å². The van der Waals surface area contributed by atoms with Crippen LogP contribution in [0.2, 0.25) is 0 Å². The van der Waals surface area contributed by atoms with Crippen LogP contribution in [0.4, 0.5) is 17.6 Å². The van der Waals surface area contributed by atoms with E-state index in [1.54, 1.807) is 7.11 Å². The van der Waals surface area contributed by atoms with Gasteiger partial charge in [-0.25, -0.2) is 5.43 Å². The van der Waals surface area contributed by atoms with E-state index in [1.165, 1.54) is 5.56 Å². The number of benzene rings is 3. The largest absolute Gasteiger partial charge is 0.497 e. The van der Waals surface area contributed by atoms with Gasteiger partial charge in [0.25, 0.3) is 0 Å². The molecule has 1 amide bonds. The maximum atomic E-state index is 13.5. The van der Waals surface area contributed by atoms with Gasteiger partial charge in [0, 0.05) is 26.2 Å². The molecule has 2 unspecified atom stereocenters. The summed E-state index contributed by atoms with van der Waals surface area (Å²) in [4.78, 5) is 25.4. The molecule has 0 saturated heterocycles. The average Bonchev–Trinajstić information content (AvgIpc) is 3.43. The molecule has 3 aromatic carbocycles. The number of hydrazine groups is 1. The number of hydrogen-bond donors (Lipinski definition) is 4. The fraction of sp³-hybridized carbons (Fsp3) is 0.258. The van der Waals surface area contributed by atoms with Gasteiger partial charge in [0.1, 0.15) is 11.6 Å². The Morgan fingerprint density at radius 3 is 2.50 bits per heavy atom. The second kappa shape index (κ2) is 11.6. The Labute approximate surface area is 234 Å². The smallest absolute Gasteiger partial charge is 0.227 e. The minimum absolute atomic E-state index is 0.000190. The van der Waals surface area contributed by atoms with Gasteiger partial charge in [-0.05, 0) is 35.2 Å². The molecule has 0 bridgehead atoms. The monoisotopic (exact) mass is 535 g/mol. The topological polar surface area (TPSA) is 103 Å². The van der Waals surface area contributed by atoms with E-state index in [-0.39, 0.29) is 17.9 Å². The van der Waals surface area contributed by atoms with Crippen LogP contribution in [0.25, 0.3) is 0 Å². The number of hydrogen-bond acceptors (Lipinski definition) is 8. The highest BCUT2D eigenvalue weighted by Crippen LogP contribution is 2.44. The Balaban J connectivity index is 1.23. The van der Waals surface area contributed by atoms with Crippen molar-refractivity contribution >= 4 is 23.5 Å². The normalized spacial score (nSPS) is 17.1. The maximum Gasteiger partial charge on any atom is 0.227 e. The molecule has 0 saturated carbocycles. The molecule has 1 aromatic heterocycles. The Morgan fingerprint density at radius 2 is 1.73 bits per heavy atom. The Kier molecular flexibility index (Phi) is 7.45. The quantitative estimate of drug-likeness (QED) is 0.241. The lowest BCUT2D eigenvalue weighted by Crippen LogP contribution is -2.48. The van der Waals surface area contributed by atoms with Crippen molar-refractivity contribution < 1.29 is 9.53 Å². The molecule has 0 radical (unpaired) electrons. The minimum atomic E-state index is -0.316. The van der Waals surface area contributed by atoms with Crippen molar-refractivity contribution in [3.8, 4) is 5.75 Å². The highest BCUT2D eigenvalue weighted by Gasteiger charge is 2.44. The number of aromatic nitrogens is 2. The van der Waals surface area contributed by atoms with Crippen LogP contribution in [0.1, 0.15) is 28.3 Å². The van der Waals surface area contributed by atoms with E-state index in [0.29, 0.717) is 37.9 Å². The number of methoxy groups -OCH3 is 1. The van der Waals surface area contributed by atoms with Crippen LogP contribution in [-0.2, 0) is 24.3 Å². The first-order chi connectivity index (χ1) is 19.7. The van der Waals surface area contributed by atoms with E-state index >= 15 is 0 Å². The molecule has 6 rings (SSSR count). The van der Waals surface area contributed by atoms with Gasteiger partial charge in [0.2, 0.25) is 11.9 Å². The van der Waals surface area contributed by atoms with Gasteiger partial charge in [0.15, 0.2) is 5.82 Å². The predicted octanol–water partition coefficient (Wildman–Crippen LogP) is 4.06. The summed E-state index contributed by atoms with van der Waals surface area (Å²) in [6, 6.07) is 28.1. The molecule has 2 atom stereocenters. The van der Waals surface area contributed by atoms with Crippen LogP contribution in [0.5, 0.6) is 5.75 Å². The third-order valence-electron chi connectivity index (χ3n) is 7.40. The number of rotatable bonds is 10. The lowest BCUT2D eigenvalue weighted by Gasteiger charge is -2.37. The van der Waals surface area contributed by atoms with Gasteiger partial charge in [-0.2, -0.15) is 9.97 Å². The Hall–Kier alpha value is -4.63. The summed E-state index contributed by atoms with van der Waals surface area (Å²) in [5, 5.41) is 6.53. The molecule has 40 heavy (non-hydrogen) atoms. The zero-order chi connectivity index (χ0) is 27.3. The van der Waals surface area contributed by atoms with Gasteiger partial charge in [-0.15, -0.1) is 0 Å². The highest BCUT2D eigenvalue weighted by atomic mass is 16.5. The van der Waals surface area contributed by atoms with E-state index in [4.69, 9.17) is 14.7 Å². The number of nitrogens with zero attached hydrogens (tertiary/aromatic N) is 3. The fourth-order valence-electron chi connectivity index (χ4n) is 5.35. The van der Waals surface area contributed by atoms with Crippen molar-refractivity contribution in [2.75, 3.05) is 35.8 Å². The SMILES string of the molecule is COc1cccc(CCNc2nc3c4c(n2)N(Cc2ccccc2)CC(C(=O)NCc2ccccc2)C4NN3)c1. The summed E-state index contributed by atoms with van der Waals surface area (Å²) in [6.07, 6.45) is 0.804. The second-order valence-corrected chi connectivity index (χ2v) is 10.1. The number of amides is 1. The number of ether oxygens (including phenoxy) is 1. The van der Waals surface area contributed by atoms with Crippen LogP contribution in [0.15, 0.2) is 84.9 Å². The Bertz CT molecular complexity index is 1470. The molecule has 2 aliphatic heterocycles. The van der Waals surface area contributed by atoms with Crippen LogP contribution in [0.3, 0.4) is 0 Å². The molecule has 9 nitrogen and oxygen atoms in total.